The molecule has 0 saturated heterocycles. The average molecular weight is 287 g/mol. The number of hydrogen-bond donors (Lipinski definition) is 1. The fourth-order valence-electron chi connectivity index (χ4n) is 1.84. The molecule has 5 nitrogen and oxygen atoms in total. The Morgan fingerprint density at radius 2 is 2.10 bits per heavy atom. The Morgan fingerprint density at radius 3 is 2.76 bits per heavy atom. The van der Waals surface area contributed by atoms with Gasteiger partial charge in [-0.3, -0.25) is 9.48 Å². The number of carbonyl (C=O) groups is 1. The zero-order valence-corrected chi connectivity index (χ0v) is 12.5. The number of nitrogens with zero attached hydrogens (tertiary/aromatic N) is 2. The lowest BCUT2D eigenvalue weighted by atomic mass is 10.2. The molecule has 0 saturated carbocycles. The van der Waals surface area contributed by atoms with Crippen molar-refractivity contribution in [2.45, 2.75) is 26.5 Å². The molecule has 0 radical (unpaired) electrons. The van der Waals surface area contributed by atoms with Gasteiger partial charge in [0.05, 0.1) is 25.0 Å². The smallest absolute Gasteiger partial charge is 0.254 e. The van der Waals surface area contributed by atoms with E-state index in [4.69, 9.17) is 4.74 Å². The highest BCUT2D eigenvalue weighted by Crippen LogP contribution is 2.05. The molecule has 0 bridgehead atoms. The van der Waals surface area contributed by atoms with Crippen molar-refractivity contribution >= 4 is 5.91 Å². The maximum atomic E-state index is 11.9. The molecule has 0 spiro atoms. The molecule has 1 aromatic carbocycles. The summed E-state index contributed by atoms with van der Waals surface area (Å²) in [5, 5.41) is 6.97. The minimum absolute atomic E-state index is 0.120. The summed E-state index contributed by atoms with van der Waals surface area (Å²) in [5.41, 5.74) is 1.70. The highest BCUT2D eigenvalue weighted by molar-refractivity contribution is 5.93. The van der Waals surface area contributed by atoms with Crippen molar-refractivity contribution in [1.82, 2.24) is 15.1 Å². The van der Waals surface area contributed by atoms with Gasteiger partial charge in [-0.05, 0) is 19.4 Å². The molecule has 2 aromatic rings. The second kappa shape index (κ2) is 7.59. The van der Waals surface area contributed by atoms with Crippen LogP contribution < -0.4 is 5.32 Å². The molecule has 1 N–H and O–H groups in total. The number of amides is 1. The van der Waals surface area contributed by atoms with Crippen molar-refractivity contribution in [2.24, 2.45) is 0 Å². The fraction of sp³-hybridized carbons (Fsp3) is 0.375. The largest absolute Gasteiger partial charge is 0.375 e. The molecular formula is C16H21N3O2. The van der Waals surface area contributed by atoms with Gasteiger partial charge in [-0.1, -0.05) is 30.3 Å². The number of ether oxygens (including phenoxy) is 1. The summed E-state index contributed by atoms with van der Waals surface area (Å²) in [5.74, 6) is -0.120. The van der Waals surface area contributed by atoms with Crippen LogP contribution in [0.4, 0.5) is 0 Å². The molecule has 2 rings (SSSR count). The van der Waals surface area contributed by atoms with Crippen LogP contribution in [0.3, 0.4) is 0 Å². The molecule has 112 valence electrons. The zero-order chi connectivity index (χ0) is 15.1. The van der Waals surface area contributed by atoms with Crippen molar-refractivity contribution in [2.75, 3.05) is 13.2 Å². The summed E-state index contributed by atoms with van der Waals surface area (Å²) in [6.07, 6.45) is 3.34. The minimum atomic E-state index is -0.120. The first-order chi connectivity index (χ1) is 10.2. The Hall–Kier alpha value is -2.14. The van der Waals surface area contributed by atoms with Gasteiger partial charge in [-0.2, -0.15) is 5.10 Å². The number of aromatic nitrogens is 2. The summed E-state index contributed by atoms with van der Waals surface area (Å²) in [6.45, 7) is 5.57. The first kappa shape index (κ1) is 15.3. The van der Waals surface area contributed by atoms with E-state index in [-0.39, 0.29) is 11.9 Å². The molecule has 0 aliphatic carbocycles. The fourth-order valence-corrected chi connectivity index (χ4v) is 1.84. The Balaban J connectivity index is 1.67. The third-order valence-electron chi connectivity index (χ3n) is 3.04. The molecular weight excluding hydrogens is 266 g/mol. The Labute approximate surface area is 124 Å². The quantitative estimate of drug-likeness (QED) is 0.796. The number of rotatable bonds is 7. The minimum Gasteiger partial charge on any atom is -0.375 e. The molecule has 0 unspecified atom stereocenters. The predicted molar refractivity (Wildman–Crippen MR) is 81.0 cm³/mol. The number of nitrogens with one attached hydrogen (secondary N) is 1. The van der Waals surface area contributed by atoms with Gasteiger partial charge in [0.1, 0.15) is 0 Å². The third-order valence-corrected chi connectivity index (χ3v) is 3.04. The van der Waals surface area contributed by atoms with Crippen molar-refractivity contribution in [3.05, 3.63) is 53.9 Å². The van der Waals surface area contributed by atoms with E-state index in [0.29, 0.717) is 25.3 Å². The van der Waals surface area contributed by atoms with E-state index >= 15 is 0 Å². The SMILES string of the molecule is CC(C)n1cc(C(=O)NCCOCc2ccccc2)cn1. The molecule has 0 atom stereocenters. The van der Waals surface area contributed by atoms with E-state index in [1.165, 1.54) is 0 Å². The van der Waals surface area contributed by atoms with Crippen LogP contribution in [0.2, 0.25) is 0 Å². The van der Waals surface area contributed by atoms with Gasteiger partial charge in [0.25, 0.3) is 5.91 Å². The maximum absolute atomic E-state index is 11.9. The summed E-state index contributed by atoms with van der Waals surface area (Å²) in [7, 11) is 0. The normalized spacial score (nSPS) is 10.8. The van der Waals surface area contributed by atoms with E-state index in [1.807, 2.05) is 44.2 Å². The Bertz CT molecular complexity index is 564. The lowest BCUT2D eigenvalue weighted by Gasteiger charge is -2.06. The van der Waals surface area contributed by atoms with Crippen LogP contribution >= 0.6 is 0 Å². The second-order valence-corrected chi connectivity index (χ2v) is 5.10. The molecule has 21 heavy (non-hydrogen) atoms. The zero-order valence-electron chi connectivity index (χ0n) is 12.5. The molecule has 1 amide bonds. The third kappa shape index (κ3) is 4.72. The number of hydrogen-bond acceptors (Lipinski definition) is 3. The van der Waals surface area contributed by atoms with Crippen molar-refractivity contribution in [3.63, 3.8) is 0 Å². The standard InChI is InChI=1S/C16H21N3O2/c1-13(2)19-11-15(10-18-19)16(20)17-8-9-21-12-14-6-4-3-5-7-14/h3-7,10-11,13H,8-9,12H2,1-2H3,(H,17,20). The van der Waals surface area contributed by atoms with Gasteiger partial charge in [-0.15, -0.1) is 0 Å². The molecule has 0 aliphatic heterocycles. The van der Waals surface area contributed by atoms with E-state index in [1.54, 1.807) is 17.1 Å². The van der Waals surface area contributed by atoms with E-state index in [0.717, 1.165) is 5.56 Å². The molecule has 0 aliphatic rings. The highest BCUT2D eigenvalue weighted by atomic mass is 16.5. The summed E-state index contributed by atoms with van der Waals surface area (Å²) < 4.78 is 7.28. The van der Waals surface area contributed by atoms with Crippen molar-refractivity contribution in [1.29, 1.82) is 0 Å². The molecule has 5 heteroatoms. The highest BCUT2D eigenvalue weighted by Gasteiger charge is 2.09. The van der Waals surface area contributed by atoms with Gasteiger partial charge >= 0.3 is 0 Å². The molecule has 1 aromatic heterocycles. The van der Waals surface area contributed by atoms with E-state index in [2.05, 4.69) is 10.4 Å². The van der Waals surface area contributed by atoms with Gasteiger partial charge in [0.15, 0.2) is 0 Å². The molecule has 0 fully saturated rings. The van der Waals surface area contributed by atoms with Crippen LogP contribution in [0, 0.1) is 0 Å². The van der Waals surface area contributed by atoms with Crippen LogP contribution in [0.15, 0.2) is 42.7 Å². The summed E-state index contributed by atoms with van der Waals surface area (Å²) >= 11 is 0. The predicted octanol–water partition coefficient (Wildman–Crippen LogP) is 2.41. The topological polar surface area (TPSA) is 56.2 Å². The first-order valence-corrected chi connectivity index (χ1v) is 7.11. The van der Waals surface area contributed by atoms with Crippen molar-refractivity contribution in [3.8, 4) is 0 Å². The average Bonchev–Trinajstić information content (AvgIpc) is 2.98. The Morgan fingerprint density at radius 1 is 1.33 bits per heavy atom. The van der Waals surface area contributed by atoms with E-state index in [9.17, 15) is 4.79 Å². The Kier molecular flexibility index (Phi) is 5.51. The lowest BCUT2D eigenvalue weighted by Crippen LogP contribution is -2.26. The lowest BCUT2D eigenvalue weighted by molar-refractivity contribution is 0.0901. The first-order valence-electron chi connectivity index (χ1n) is 7.11. The van der Waals surface area contributed by atoms with Crippen LogP contribution in [-0.4, -0.2) is 28.8 Å². The van der Waals surface area contributed by atoms with Gasteiger partial charge in [0, 0.05) is 18.8 Å². The number of benzene rings is 1. The van der Waals surface area contributed by atoms with Gasteiger partial charge in [0.2, 0.25) is 0 Å². The van der Waals surface area contributed by atoms with E-state index < -0.39 is 0 Å². The van der Waals surface area contributed by atoms with Gasteiger partial charge in [-0.25, -0.2) is 0 Å². The van der Waals surface area contributed by atoms with Crippen LogP contribution in [0.1, 0.15) is 35.8 Å². The van der Waals surface area contributed by atoms with Crippen LogP contribution in [0.25, 0.3) is 0 Å². The summed E-state index contributed by atoms with van der Waals surface area (Å²) in [6, 6.07) is 10.2. The molecule has 1 heterocycles. The maximum Gasteiger partial charge on any atom is 0.254 e. The summed E-state index contributed by atoms with van der Waals surface area (Å²) in [4.78, 5) is 11.9. The second-order valence-electron chi connectivity index (χ2n) is 5.10. The van der Waals surface area contributed by atoms with Crippen molar-refractivity contribution < 1.29 is 9.53 Å². The van der Waals surface area contributed by atoms with Gasteiger partial charge < -0.3 is 10.1 Å². The monoisotopic (exact) mass is 287 g/mol. The number of carbonyl (C=O) groups excluding carboxylic acids is 1. The van der Waals surface area contributed by atoms with Crippen LogP contribution in [0.5, 0.6) is 0 Å². The van der Waals surface area contributed by atoms with Crippen LogP contribution in [-0.2, 0) is 11.3 Å².